The van der Waals surface area contributed by atoms with Gasteiger partial charge in [0.05, 0.1) is 16.5 Å². The lowest BCUT2D eigenvalue weighted by Crippen LogP contribution is -2.03. The lowest BCUT2D eigenvalue weighted by molar-refractivity contribution is 0.661. The second-order valence-corrected chi connectivity index (χ2v) is 4.24. The molecule has 0 aliphatic heterocycles. The van der Waals surface area contributed by atoms with Crippen molar-refractivity contribution in [3.05, 3.63) is 51.6 Å². The van der Waals surface area contributed by atoms with Crippen molar-refractivity contribution in [3.63, 3.8) is 0 Å². The van der Waals surface area contributed by atoms with Crippen LogP contribution in [-0.4, -0.2) is 0 Å². The third kappa shape index (κ3) is 1.47. The maximum Gasteiger partial charge on any atom is 0.200 e. The zero-order valence-electron chi connectivity index (χ0n) is 8.74. The Hall–Kier alpha value is -2.00. The van der Waals surface area contributed by atoms with E-state index in [1.807, 2.05) is 6.07 Å². The predicted octanol–water partition coefficient (Wildman–Crippen LogP) is 3.18. The molecule has 3 aromatic rings. The molecule has 1 heterocycles. The van der Waals surface area contributed by atoms with Crippen LogP contribution in [0.4, 0.5) is 5.69 Å². The molecule has 0 radical (unpaired) electrons. The van der Waals surface area contributed by atoms with Crippen molar-refractivity contribution in [2.45, 2.75) is 0 Å². The molecule has 0 unspecified atom stereocenters. The highest BCUT2D eigenvalue weighted by molar-refractivity contribution is 6.31. The Morgan fingerprint density at radius 3 is 2.71 bits per heavy atom. The van der Waals surface area contributed by atoms with E-state index in [-0.39, 0.29) is 5.43 Å². The summed E-state index contributed by atoms with van der Waals surface area (Å²) in [6.45, 7) is 0. The van der Waals surface area contributed by atoms with E-state index < -0.39 is 0 Å². The molecule has 17 heavy (non-hydrogen) atoms. The van der Waals surface area contributed by atoms with E-state index in [9.17, 15) is 4.79 Å². The number of benzene rings is 2. The van der Waals surface area contributed by atoms with E-state index >= 15 is 0 Å². The second kappa shape index (κ2) is 3.50. The van der Waals surface area contributed by atoms with E-state index in [1.54, 1.807) is 30.3 Å². The average molecular weight is 246 g/mol. The van der Waals surface area contributed by atoms with Crippen LogP contribution in [0.3, 0.4) is 0 Å². The van der Waals surface area contributed by atoms with Crippen molar-refractivity contribution < 1.29 is 4.42 Å². The van der Waals surface area contributed by atoms with E-state index in [2.05, 4.69) is 0 Å². The first kappa shape index (κ1) is 10.2. The van der Waals surface area contributed by atoms with Crippen LogP contribution in [0, 0.1) is 0 Å². The van der Waals surface area contributed by atoms with Crippen LogP contribution in [0.25, 0.3) is 21.9 Å². The largest absolute Gasteiger partial charge is 0.454 e. The summed E-state index contributed by atoms with van der Waals surface area (Å²) in [6.07, 6.45) is 0. The highest BCUT2D eigenvalue weighted by Gasteiger charge is 2.10. The number of para-hydroxylation sites is 1. The van der Waals surface area contributed by atoms with Crippen LogP contribution in [0.15, 0.2) is 45.6 Å². The molecule has 0 aliphatic carbocycles. The van der Waals surface area contributed by atoms with Crippen LogP contribution in [0.5, 0.6) is 0 Å². The number of nitrogens with two attached hydrogens (primary N) is 1. The number of rotatable bonds is 0. The minimum absolute atomic E-state index is 0.115. The lowest BCUT2D eigenvalue weighted by atomic mass is 10.1. The van der Waals surface area contributed by atoms with E-state index in [4.69, 9.17) is 21.8 Å². The molecule has 0 fully saturated rings. The van der Waals surface area contributed by atoms with Gasteiger partial charge in [0.2, 0.25) is 5.43 Å². The van der Waals surface area contributed by atoms with Gasteiger partial charge in [-0.2, -0.15) is 0 Å². The number of hydrogen-bond acceptors (Lipinski definition) is 3. The molecular weight excluding hydrogens is 238 g/mol. The maximum atomic E-state index is 12.2. The van der Waals surface area contributed by atoms with Gasteiger partial charge in [-0.15, -0.1) is 0 Å². The lowest BCUT2D eigenvalue weighted by Gasteiger charge is -2.04. The molecule has 0 saturated heterocycles. The normalized spacial score (nSPS) is 11.1. The summed E-state index contributed by atoms with van der Waals surface area (Å²) in [5, 5.41) is 1.37. The molecule has 2 N–H and O–H groups in total. The Kier molecular flexibility index (Phi) is 2.09. The molecule has 0 saturated carbocycles. The summed E-state index contributed by atoms with van der Waals surface area (Å²) in [5.41, 5.74) is 6.97. The van der Waals surface area contributed by atoms with Gasteiger partial charge in [-0.1, -0.05) is 23.7 Å². The number of nitrogen functional groups attached to an aromatic ring is 1. The number of hydrogen-bond donors (Lipinski definition) is 1. The summed E-state index contributed by atoms with van der Waals surface area (Å²) in [6, 6.07) is 10.2. The number of halogens is 1. The Bertz CT molecular complexity index is 792. The SMILES string of the molecule is Nc1cc(Cl)cc2c(=O)c3ccccc3oc12. The molecule has 0 bridgehead atoms. The third-order valence-electron chi connectivity index (χ3n) is 2.67. The van der Waals surface area contributed by atoms with Crippen LogP contribution < -0.4 is 11.2 Å². The summed E-state index contributed by atoms with van der Waals surface area (Å²) < 4.78 is 5.63. The second-order valence-electron chi connectivity index (χ2n) is 3.80. The van der Waals surface area contributed by atoms with Gasteiger partial charge in [0, 0.05) is 5.02 Å². The molecule has 2 aromatic carbocycles. The van der Waals surface area contributed by atoms with Gasteiger partial charge in [0.15, 0.2) is 5.58 Å². The Labute approximate surface area is 101 Å². The smallest absolute Gasteiger partial charge is 0.200 e. The van der Waals surface area contributed by atoms with Gasteiger partial charge in [-0.25, -0.2) is 0 Å². The monoisotopic (exact) mass is 245 g/mol. The minimum Gasteiger partial charge on any atom is -0.454 e. The van der Waals surface area contributed by atoms with Gasteiger partial charge >= 0.3 is 0 Å². The standard InChI is InChI=1S/C13H8ClNO2/c14-7-5-9-12(16)8-3-1-2-4-11(8)17-13(9)10(15)6-7/h1-6H,15H2. The summed E-state index contributed by atoms with van der Waals surface area (Å²) >= 11 is 5.89. The molecule has 1 aromatic heterocycles. The van der Waals surface area contributed by atoms with E-state index in [0.717, 1.165) is 0 Å². The van der Waals surface area contributed by atoms with Crippen molar-refractivity contribution in [2.24, 2.45) is 0 Å². The van der Waals surface area contributed by atoms with Crippen molar-refractivity contribution in [1.29, 1.82) is 0 Å². The average Bonchev–Trinajstić information content (AvgIpc) is 2.31. The zero-order valence-corrected chi connectivity index (χ0v) is 9.49. The number of anilines is 1. The molecule has 0 atom stereocenters. The Morgan fingerprint density at radius 2 is 1.88 bits per heavy atom. The quantitative estimate of drug-likeness (QED) is 0.489. The first-order chi connectivity index (χ1) is 8.16. The first-order valence-corrected chi connectivity index (χ1v) is 5.45. The molecule has 0 spiro atoms. The van der Waals surface area contributed by atoms with Crippen molar-refractivity contribution in [3.8, 4) is 0 Å². The molecule has 0 amide bonds. The molecule has 3 nitrogen and oxygen atoms in total. The van der Waals surface area contributed by atoms with Gasteiger partial charge < -0.3 is 10.2 Å². The van der Waals surface area contributed by atoms with Crippen molar-refractivity contribution in [1.82, 2.24) is 0 Å². The van der Waals surface area contributed by atoms with Gasteiger partial charge in [0.1, 0.15) is 5.58 Å². The first-order valence-electron chi connectivity index (χ1n) is 5.07. The molecule has 4 heteroatoms. The highest BCUT2D eigenvalue weighted by Crippen LogP contribution is 2.26. The summed E-state index contributed by atoms with van der Waals surface area (Å²) in [4.78, 5) is 12.2. The van der Waals surface area contributed by atoms with Crippen LogP contribution >= 0.6 is 11.6 Å². The van der Waals surface area contributed by atoms with Crippen molar-refractivity contribution >= 4 is 39.2 Å². The van der Waals surface area contributed by atoms with Crippen LogP contribution in [0.1, 0.15) is 0 Å². The van der Waals surface area contributed by atoms with Crippen LogP contribution in [-0.2, 0) is 0 Å². The van der Waals surface area contributed by atoms with Crippen molar-refractivity contribution in [2.75, 3.05) is 5.73 Å². The van der Waals surface area contributed by atoms with E-state index in [0.29, 0.717) is 32.6 Å². The van der Waals surface area contributed by atoms with Gasteiger partial charge in [-0.3, -0.25) is 4.79 Å². The molecule has 84 valence electrons. The highest BCUT2D eigenvalue weighted by atomic mass is 35.5. The Morgan fingerprint density at radius 1 is 1.12 bits per heavy atom. The fraction of sp³-hybridized carbons (Fsp3) is 0. The van der Waals surface area contributed by atoms with E-state index in [1.165, 1.54) is 0 Å². The molecule has 0 aliphatic rings. The fourth-order valence-electron chi connectivity index (χ4n) is 1.90. The minimum atomic E-state index is -0.115. The Balaban J connectivity index is 2.64. The topological polar surface area (TPSA) is 56.2 Å². The molecule has 3 rings (SSSR count). The summed E-state index contributed by atoms with van der Waals surface area (Å²) in [7, 11) is 0. The van der Waals surface area contributed by atoms with Gasteiger partial charge in [-0.05, 0) is 24.3 Å². The number of fused-ring (bicyclic) bond motifs is 2. The zero-order chi connectivity index (χ0) is 12.0. The fourth-order valence-corrected chi connectivity index (χ4v) is 2.12. The predicted molar refractivity (Wildman–Crippen MR) is 69.4 cm³/mol. The maximum absolute atomic E-state index is 12.2. The molecular formula is C13H8ClNO2. The van der Waals surface area contributed by atoms with Crippen LogP contribution in [0.2, 0.25) is 5.02 Å². The van der Waals surface area contributed by atoms with Gasteiger partial charge in [0.25, 0.3) is 0 Å². The summed E-state index contributed by atoms with van der Waals surface area (Å²) in [5.74, 6) is 0. The third-order valence-corrected chi connectivity index (χ3v) is 2.89.